The summed E-state index contributed by atoms with van der Waals surface area (Å²) in [4.78, 5) is 49.6. The Balaban J connectivity index is 1.56. The van der Waals surface area contributed by atoms with Gasteiger partial charge < -0.3 is 14.6 Å². The number of carbonyl (C=O) groups is 3. The van der Waals surface area contributed by atoms with Crippen LogP contribution in [0.1, 0.15) is 47.5 Å². The number of H-pyrrole nitrogens is 1. The summed E-state index contributed by atoms with van der Waals surface area (Å²) in [6.07, 6.45) is 1.52. The van der Waals surface area contributed by atoms with Gasteiger partial charge in [0.05, 0.1) is 5.92 Å². The summed E-state index contributed by atoms with van der Waals surface area (Å²) >= 11 is 0. The molecule has 2 saturated heterocycles. The molecule has 146 valence electrons. The number of carbonyl (C=O) groups excluding carboxylic acids is 3. The molecule has 1 aromatic heterocycles. The summed E-state index contributed by atoms with van der Waals surface area (Å²) in [5.74, 6) is -1.13. The van der Waals surface area contributed by atoms with Gasteiger partial charge in [-0.15, -0.1) is 5.10 Å². The predicted octanol–water partition coefficient (Wildman–Crippen LogP) is 0.437. The Morgan fingerprint density at radius 2 is 2.14 bits per heavy atom. The maximum atomic E-state index is 13.0. The molecule has 2 unspecified atom stereocenters. The average Bonchev–Trinajstić information content (AvgIpc) is 3.24. The second-order valence-electron chi connectivity index (χ2n) is 7.16. The fourth-order valence-corrected chi connectivity index (χ4v) is 3.67. The lowest BCUT2D eigenvalue weighted by Crippen LogP contribution is -2.41. The van der Waals surface area contributed by atoms with Gasteiger partial charge in [0.25, 0.3) is 11.8 Å². The summed E-state index contributed by atoms with van der Waals surface area (Å²) < 4.78 is 5.03. The number of nitrogens with zero attached hydrogens (tertiary/aromatic N) is 2. The first kappa shape index (κ1) is 18.0. The van der Waals surface area contributed by atoms with Gasteiger partial charge in [-0.05, 0) is 37.5 Å². The van der Waals surface area contributed by atoms with Gasteiger partial charge in [-0.3, -0.25) is 14.9 Å². The first-order chi connectivity index (χ1) is 13.4. The van der Waals surface area contributed by atoms with Crippen molar-refractivity contribution in [3.63, 3.8) is 0 Å². The van der Waals surface area contributed by atoms with Crippen molar-refractivity contribution in [2.75, 3.05) is 13.1 Å². The fraction of sp³-hybridized carbons (Fsp3) is 0.389. The molecule has 2 aliphatic rings. The minimum atomic E-state index is -1.23. The van der Waals surface area contributed by atoms with Gasteiger partial charge in [0, 0.05) is 18.7 Å². The fourth-order valence-electron chi connectivity index (χ4n) is 3.67. The van der Waals surface area contributed by atoms with Crippen LogP contribution in [-0.2, 0) is 10.3 Å². The highest BCUT2D eigenvalue weighted by atomic mass is 16.4. The van der Waals surface area contributed by atoms with Crippen LogP contribution >= 0.6 is 0 Å². The van der Waals surface area contributed by atoms with Crippen molar-refractivity contribution in [3.8, 4) is 0 Å². The zero-order chi connectivity index (χ0) is 19.9. The SMILES string of the molecule is CC1(c2cccc(C(=O)N3CCCC(c4n[nH]c(=O)o4)C3)c2)NC(=O)NC1=O. The Bertz CT molecular complexity index is 1010. The standard InChI is InChI=1S/C18H19N5O5/c1-18(15(25)19-16(26)20-18)12-6-2-4-10(8-12)14(24)23-7-3-5-11(9-23)13-21-22-17(27)28-13/h2,4,6,8,11H,3,5,7,9H2,1H3,(H,22,27)(H2,19,20,25,26). The highest BCUT2D eigenvalue weighted by Gasteiger charge is 2.43. The molecular weight excluding hydrogens is 366 g/mol. The molecule has 0 aliphatic carbocycles. The van der Waals surface area contributed by atoms with Crippen molar-refractivity contribution in [3.05, 3.63) is 51.8 Å². The van der Waals surface area contributed by atoms with Crippen molar-refractivity contribution in [2.45, 2.75) is 31.2 Å². The third kappa shape index (κ3) is 3.06. The highest BCUT2D eigenvalue weighted by molar-refractivity contribution is 6.07. The Morgan fingerprint density at radius 3 is 2.82 bits per heavy atom. The highest BCUT2D eigenvalue weighted by Crippen LogP contribution is 2.28. The van der Waals surface area contributed by atoms with Gasteiger partial charge in [0.1, 0.15) is 5.54 Å². The normalized spacial score (nSPS) is 24.8. The van der Waals surface area contributed by atoms with E-state index in [0.29, 0.717) is 30.1 Å². The van der Waals surface area contributed by atoms with E-state index in [1.54, 1.807) is 36.1 Å². The van der Waals surface area contributed by atoms with Crippen LogP contribution in [0, 0.1) is 0 Å². The number of likely N-dealkylation sites (tertiary alicyclic amines) is 1. The number of rotatable bonds is 3. The molecule has 0 saturated carbocycles. The first-order valence-corrected chi connectivity index (χ1v) is 8.95. The summed E-state index contributed by atoms with van der Waals surface area (Å²) in [5.41, 5.74) is -0.290. The van der Waals surface area contributed by atoms with Crippen LogP contribution in [0.4, 0.5) is 4.79 Å². The molecule has 3 heterocycles. The number of benzene rings is 1. The van der Waals surface area contributed by atoms with E-state index >= 15 is 0 Å². The lowest BCUT2D eigenvalue weighted by molar-refractivity contribution is -0.123. The van der Waals surface area contributed by atoms with Crippen molar-refractivity contribution >= 4 is 17.8 Å². The number of piperidine rings is 1. The molecule has 2 aromatic rings. The quantitative estimate of drug-likeness (QED) is 0.656. The molecule has 2 aliphatic heterocycles. The zero-order valence-electron chi connectivity index (χ0n) is 15.2. The molecule has 0 radical (unpaired) electrons. The lowest BCUT2D eigenvalue weighted by atomic mass is 9.90. The van der Waals surface area contributed by atoms with E-state index < -0.39 is 23.2 Å². The van der Waals surface area contributed by atoms with Gasteiger partial charge in [-0.1, -0.05) is 12.1 Å². The van der Waals surface area contributed by atoms with Crippen LogP contribution in [0.25, 0.3) is 0 Å². The topological polar surface area (TPSA) is 137 Å². The molecule has 4 rings (SSSR count). The van der Waals surface area contributed by atoms with E-state index in [9.17, 15) is 19.2 Å². The van der Waals surface area contributed by atoms with Gasteiger partial charge in [-0.25, -0.2) is 14.7 Å². The van der Waals surface area contributed by atoms with Crippen molar-refractivity contribution in [1.29, 1.82) is 0 Å². The van der Waals surface area contributed by atoms with Crippen LogP contribution in [0.5, 0.6) is 0 Å². The van der Waals surface area contributed by atoms with Gasteiger partial charge >= 0.3 is 11.8 Å². The van der Waals surface area contributed by atoms with E-state index in [-0.39, 0.29) is 11.8 Å². The Kier molecular flexibility index (Phi) is 4.25. The molecule has 28 heavy (non-hydrogen) atoms. The third-order valence-electron chi connectivity index (χ3n) is 5.24. The number of aromatic amines is 1. The summed E-state index contributed by atoms with van der Waals surface area (Å²) in [5, 5.41) is 10.9. The summed E-state index contributed by atoms with van der Waals surface area (Å²) in [6.45, 7) is 2.54. The number of urea groups is 1. The number of hydrogen-bond acceptors (Lipinski definition) is 6. The minimum Gasteiger partial charge on any atom is -0.392 e. The van der Waals surface area contributed by atoms with Crippen LogP contribution in [-0.4, -0.2) is 46.0 Å². The molecule has 2 atom stereocenters. The third-order valence-corrected chi connectivity index (χ3v) is 5.24. The van der Waals surface area contributed by atoms with E-state index in [2.05, 4.69) is 20.8 Å². The molecule has 2 fully saturated rings. The monoisotopic (exact) mass is 385 g/mol. The number of aromatic nitrogens is 2. The summed E-state index contributed by atoms with van der Waals surface area (Å²) in [7, 11) is 0. The maximum Gasteiger partial charge on any atom is 0.434 e. The average molecular weight is 385 g/mol. The van der Waals surface area contributed by atoms with Crippen molar-refractivity contribution in [2.24, 2.45) is 0 Å². The number of hydrogen-bond donors (Lipinski definition) is 3. The zero-order valence-corrected chi connectivity index (χ0v) is 15.2. The van der Waals surface area contributed by atoms with E-state index in [1.165, 1.54) is 0 Å². The van der Waals surface area contributed by atoms with Gasteiger partial charge in [0.2, 0.25) is 5.89 Å². The summed E-state index contributed by atoms with van der Waals surface area (Å²) in [6, 6.07) is 6.09. The number of amides is 4. The molecule has 1 aromatic carbocycles. The van der Waals surface area contributed by atoms with Crippen molar-refractivity contribution in [1.82, 2.24) is 25.7 Å². The minimum absolute atomic E-state index is 0.155. The first-order valence-electron chi connectivity index (χ1n) is 8.95. The van der Waals surface area contributed by atoms with E-state index in [0.717, 1.165) is 12.8 Å². The smallest absolute Gasteiger partial charge is 0.392 e. The number of nitrogens with one attached hydrogen (secondary N) is 3. The number of imide groups is 1. The maximum absolute atomic E-state index is 13.0. The van der Waals surface area contributed by atoms with Crippen molar-refractivity contribution < 1.29 is 18.8 Å². The molecule has 0 spiro atoms. The second kappa shape index (κ2) is 6.63. The molecule has 3 N–H and O–H groups in total. The van der Waals surface area contributed by atoms with Crippen LogP contribution < -0.4 is 16.4 Å². The molecule has 0 bridgehead atoms. The largest absolute Gasteiger partial charge is 0.434 e. The van der Waals surface area contributed by atoms with Crippen LogP contribution in [0.2, 0.25) is 0 Å². The Morgan fingerprint density at radius 1 is 1.32 bits per heavy atom. The molecule has 4 amide bonds. The predicted molar refractivity (Wildman–Crippen MR) is 95.5 cm³/mol. The van der Waals surface area contributed by atoms with E-state index in [4.69, 9.17) is 4.42 Å². The Hall–Kier alpha value is -3.43. The molecule has 10 nitrogen and oxygen atoms in total. The molecule has 10 heteroatoms. The van der Waals surface area contributed by atoms with E-state index in [1.807, 2.05) is 0 Å². The van der Waals surface area contributed by atoms with Crippen LogP contribution in [0.15, 0.2) is 33.5 Å². The lowest BCUT2D eigenvalue weighted by Gasteiger charge is -2.31. The molecular formula is C18H19N5O5. The van der Waals surface area contributed by atoms with Gasteiger partial charge in [0.15, 0.2) is 0 Å². The Labute approximate surface area is 159 Å². The van der Waals surface area contributed by atoms with Gasteiger partial charge in [-0.2, -0.15) is 0 Å². The van der Waals surface area contributed by atoms with Crippen LogP contribution in [0.3, 0.4) is 0 Å². The second-order valence-corrected chi connectivity index (χ2v) is 7.16.